The van der Waals surface area contributed by atoms with Crippen LogP contribution in [-0.4, -0.2) is 18.4 Å². The van der Waals surface area contributed by atoms with E-state index in [0.717, 1.165) is 0 Å². The van der Waals surface area contributed by atoms with E-state index >= 15 is 0 Å². The summed E-state index contributed by atoms with van der Waals surface area (Å²) in [7, 11) is 0. The lowest BCUT2D eigenvalue weighted by Crippen LogP contribution is -2.49. The average molecular weight is 251 g/mol. The predicted molar refractivity (Wildman–Crippen MR) is 62.2 cm³/mol. The zero-order valence-electron chi connectivity index (χ0n) is 10.2. The number of benzene rings is 1. The summed E-state index contributed by atoms with van der Waals surface area (Å²) in [4.78, 5) is 23.0. The Balaban J connectivity index is 2.45. The van der Waals surface area contributed by atoms with Crippen LogP contribution in [0.25, 0.3) is 0 Å². The fraction of sp³-hybridized carbons (Fsp3) is 0.385. The largest absolute Gasteiger partial charge is 0.375 e. The van der Waals surface area contributed by atoms with Crippen molar-refractivity contribution in [1.29, 1.82) is 0 Å². The molecular weight excluding hydrogens is 237 g/mol. The van der Waals surface area contributed by atoms with E-state index in [1.165, 1.54) is 13.0 Å². The molecule has 0 spiro atoms. The summed E-state index contributed by atoms with van der Waals surface area (Å²) < 4.78 is 18.9. The number of halogens is 1. The SMILES string of the molecule is CC(=O)NC(=O)C1(C)COCc2c(F)cccc21. The minimum Gasteiger partial charge on any atom is -0.375 e. The maximum absolute atomic E-state index is 13.7. The van der Waals surface area contributed by atoms with Gasteiger partial charge in [0.25, 0.3) is 0 Å². The lowest BCUT2D eigenvalue weighted by molar-refractivity contribution is -0.135. The zero-order valence-corrected chi connectivity index (χ0v) is 10.2. The van der Waals surface area contributed by atoms with E-state index in [0.29, 0.717) is 11.1 Å². The van der Waals surface area contributed by atoms with Gasteiger partial charge in [0.2, 0.25) is 11.8 Å². The fourth-order valence-electron chi connectivity index (χ4n) is 2.14. The lowest BCUT2D eigenvalue weighted by Gasteiger charge is -2.34. The van der Waals surface area contributed by atoms with Crippen LogP contribution in [0.2, 0.25) is 0 Å². The topological polar surface area (TPSA) is 55.4 Å². The van der Waals surface area contributed by atoms with Crippen LogP contribution in [0.5, 0.6) is 0 Å². The van der Waals surface area contributed by atoms with E-state index in [2.05, 4.69) is 5.32 Å². The first-order valence-corrected chi connectivity index (χ1v) is 5.63. The Labute approximate surface area is 104 Å². The standard InChI is InChI=1S/C13H14FNO3/c1-8(16)15-12(17)13(2)7-18-6-9-10(13)4-3-5-11(9)14/h3-5H,6-7H2,1-2H3,(H,15,16,17). The summed E-state index contributed by atoms with van der Waals surface area (Å²) in [6.07, 6.45) is 0. The second kappa shape index (κ2) is 4.49. The molecule has 18 heavy (non-hydrogen) atoms. The first kappa shape index (κ1) is 12.7. The molecule has 0 radical (unpaired) electrons. The van der Waals surface area contributed by atoms with Crippen LogP contribution in [0.15, 0.2) is 18.2 Å². The highest BCUT2D eigenvalue weighted by atomic mass is 19.1. The van der Waals surface area contributed by atoms with Gasteiger partial charge in [-0.2, -0.15) is 0 Å². The molecule has 0 bridgehead atoms. The molecule has 1 aromatic carbocycles. The molecule has 1 aliphatic rings. The Morgan fingerprint density at radius 3 is 2.83 bits per heavy atom. The van der Waals surface area contributed by atoms with Crippen molar-refractivity contribution >= 4 is 11.8 Å². The van der Waals surface area contributed by atoms with Crippen LogP contribution in [0.4, 0.5) is 4.39 Å². The minimum absolute atomic E-state index is 0.128. The van der Waals surface area contributed by atoms with Gasteiger partial charge >= 0.3 is 0 Å². The van der Waals surface area contributed by atoms with E-state index < -0.39 is 23.0 Å². The third-order valence-electron chi connectivity index (χ3n) is 3.14. The molecule has 0 saturated carbocycles. The number of fused-ring (bicyclic) bond motifs is 1. The molecule has 1 aliphatic heterocycles. The van der Waals surface area contributed by atoms with Gasteiger partial charge in [0, 0.05) is 12.5 Å². The molecule has 4 nitrogen and oxygen atoms in total. The summed E-state index contributed by atoms with van der Waals surface area (Å²) in [6, 6.07) is 4.58. The summed E-state index contributed by atoms with van der Waals surface area (Å²) in [5.74, 6) is -1.31. The van der Waals surface area contributed by atoms with Gasteiger partial charge in [-0.3, -0.25) is 14.9 Å². The molecule has 96 valence electrons. The summed E-state index contributed by atoms with van der Waals surface area (Å²) in [6.45, 7) is 3.17. The highest BCUT2D eigenvalue weighted by molar-refractivity contribution is 6.00. The van der Waals surface area contributed by atoms with E-state index in [1.807, 2.05) is 0 Å². The number of imide groups is 1. The predicted octanol–water partition coefficient (Wildman–Crippen LogP) is 1.28. The van der Waals surface area contributed by atoms with Crippen LogP contribution >= 0.6 is 0 Å². The van der Waals surface area contributed by atoms with Gasteiger partial charge in [-0.15, -0.1) is 0 Å². The van der Waals surface area contributed by atoms with E-state index in [-0.39, 0.29) is 13.2 Å². The summed E-state index contributed by atoms with van der Waals surface area (Å²) >= 11 is 0. The Morgan fingerprint density at radius 1 is 1.44 bits per heavy atom. The summed E-state index contributed by atoms with van der Waals surface area (Å²) in [5.41, 5.74) is -0.0843. The van der Waals surface area contributed by atoms with Crippen molar-refractivity contribution in [2.75, 3.05) is 6.61 Å². The van der Waals surface area contributed by atoms with Gasteiger partial charge in [-0.05, 0) is 18.6 Å². The molecule has 2 rings (SSSR count). The third-order valence-corrected chi connectivity index (χ3v) is 3.14. The van der Waals surface area contributed by atoms with Crippen molar-refractivity contribution in [2.45, 2.75) is 25.9 Å². The molecule has 0 fully saturated rings. The number of nitrogens with one attached hydrogen (secondary N) is 1. The van der Waals surface area contributed by atoms with Crippen molar-refractivity contribution in [2.24, 2.45) is 0 Å². The lowest BCUT2D eigenvalue weighted by atomic mass is 9.78. The van der Waals surface area contributed by atoms with Gasteiger partial charge < -0.3 is 4.74 Å². The van der Waals surface area contributed by atoms with Crippen molar-refractivity contribution < 1.29 is 18.7 Å². The minimum atomic E-state index is -1.04. The van der Waals surface area contributed by atoms with E-state index in [1.54, 1.807) is 19.1 Å². The molecule has 1 unspecified atom stereocenters. The molecule has 1 atom stereocenters. The Bertz CT molecular complexity index is 515. The number of hydrogen-bond acceptors (Lipinski definition) is 3. The van der Waals surface area contributed by atoms with Gasteiger partial charge in [0.15, 0.2) is 0 Å². The number of carbonyl (C=O) groups is 2. The smallest absolute Gasteiger partial charge is 0.239 e. The average Bonchev–Trinajstić information content (AvgIpc) is 2.30. The molecule has 1 N–H and O–H groups in total. The first-order valence-electron chi connectivity index (χ1n) is 5.63. The van der Waals surface area contributed by atoms with Crippen LogP contribution in [0.1, 0.15) is 25.0 Å². The molecule has 1 heterocycles. The number of amides is 2. The second-order valence-corrected chi connectivity index (χ2v) is 4.60. The normalized spacial score (nSPS) is 22.2. The maximum Gasteiger partial charge on any atom is 0.239 e. The first-order chi connectivity index (χ1) is 8.45. The number of hydrogen-bond donors (Lipinski definition) is 1. The van der Waals surface area contributed by atoms with Crippen molar-refractivity contribution in [3.8, 4) is 0 Å². The third kappa shape index (κ3) is 2.01. The highest BCUT2D eigenvalue weighted by Crippen LogP contribution is 2.33. The van der Waals surface area contributed by atoms with Gasteiger partial charge in [-0.1, -0.05) is 12.1 Å². The Kier molecular flexibility index (Phi) is 3.17. The molecule has 1 aromatic rings. The molecule has 0 saturated heterocycles. The zero-order chi connectivity index (χ0) is 13.3. The van der Waals surface area contributed by atoms with Crippen LogP contribution in [0, 0.1) is 5.82 Å². The van der Waals surface area contributed by atoms with Crippen LogP contribution in [0.3, 0.4) is 0 Å². The maximum atomic E-state index is 13.7. The highest BCUT2D eigenvalue weighted by Gasteiger charge is 2.41. The van der Waals surface area contributed by atoms with Gasteiger partial charge in [-0.25, -0.2) is 4.39 Å². The number of ether oxygens (including phenoxy) is 1. The summed E-state index contributed by atoms with van der Waals surface area (Å²) in [5, 5.41) is 2.23. The van der Waals surface area contributed by atoms with E-state index in [4.69, 9.17) is 4.74 Å². The molecule has 0 aromatic heterocycles. The molecular formula is C13H14FNO3. The molecule has 0 aliphatic carbocycles. The molecule has 2 amide bonds. The second-order valence-electron chi connectivity index (χ2n) is 4.60. The molecule has 5 heteroatoms. The van der Waals surface area contributed by atoms with Crippen LogP contribution < -0.4 is 5.32 Å². The number of rotatable bonds is 1. The monoisotopic (exact) mass is 251 g/mol. The van der Waals surface area contributed by atoms with Crippen LogP contribution in [-0.2, 0) is 26.3 Å². The number of carbonyl (C=O) groups excluding carboxylic acids is 2. The van der Waals surface area contributed by atoms with Gasteiger partial charge in [0.1, 0.15) is 5.82 Å². The quantitative estimate of drug-likeness (QED) is 0.818. The van der Waals surface area contributed by atoms with Crippen molar-refractivity contribution in [3.63, 3.8) is 0 Å². The van der Waals surface area contributed by atoms with E-state index in [9.17, 15) is 14.0 Å². The van der Waals surface area contributed by atoms with Crippen molar-refractivity contribution in [1.82, 2.24) is 5.32 Å². The Morgan fingerprint density at radius 2 is 2.17 bits per heavy atom. The fourth-order valence-corrected chi connectivity index (χ4v) is 2.14. The van der Waals surface area contributed by atoms with Crippen molar-refractivity contribution in [3.05, 3.63) is 35.1 Å². The van der Waals surface area contributed by atoms with Gasteiger partial charge in [0.05, 0.1) is 18.6 Å². The Hall–Kier alpha value is -1.75.